The zero-order valence-corrected chi connectivity index (χ0v) is 13.9. The molecule has 0 aromatic heterocycles. The minimum absolute atomic E-state index is 0. The second-order valence-corrected chi connectivity index (χ2v) is 6.61. The maximum Gasteiger partial charge on any atom is 0.220 e. The van der Waals surface area contributed by atoms with E-state index < -0.39 is 5.82 Å². The van der Waals surface area contributed by atoms with E-state index in [1.54, 1.807) is 12.1 Å². The highest BCUT2D eigenvalue weighted by Crippen LogP contribution is 2.32. The minimum Gasteiger partial charge on any atom is -0.352 e. The Bertz CT molecular complexity index is 529. The van der Waals surface area contributed by atoms with E-state index in [0.717, 1.165) is 18.4 Å². The van der Waals surface area contributed by atoms with Gasteiger partial charge in [-0.3, -0.25) is 4.79 Å². The number of amides is 1. The Kier molecular flexibility index (Phi) is 6.07. The van der Waals surface area contributed by atoms with Gasteiger partial charge in [0.25, 0.3) is 0 Å². The molecule has 22 heavy (non-hydrogen) atoms. The summed E-state index contributed by atoms with van der Waals surface area (Å²) in [4.78, 5) is 12.0. The van der Waals surface area contributed by atoms with E-state index in [-0.39, 0.29) is 23.3 Å². The molecule has 2 unspecified atom stereocenters. The average molecular weight is 347 g/mol. The van der Waals surface area contributed by atoms with Gasteiger partial charge in [0.15, 0.2) is 0 Å². The second kappa shape index (κ2) is 7.62. The van der Waals surface area contributed by atoms with Crippen molar-refractivity contribution in [1.29, 1.82) is 0 Å². The number of piperidine rings is 1. The first-order chi connectivity index (χ1) is 10.1. The van der Waals surface area contributed by atoms with Crippen LogP contribution in [0, 0.1) is 11.7 Å². The Labute approximate surface area is 141 Å². The number of carbonyl (C=O) groups is 1. The molecule has 1 aromatic rings. The molecule has 2 bridgehead atoms. The molecule has 3 nitrogen and oxygen atoms in total. The predicted molar refractivity (Wildman–Crippen MR) is 87.8 cm³/mol. The van der Waals surface area contributed by atoms with Crippen molar-refractivity contribution in [3.63, 3.8) is 0 Å². The van der Waals surface area contributed by atoms with Gasteiger partial charge in [-0.25, -0.2) is 4.39 Å². The fraction of sp³-hybridized carbons (Fsp3) is 0.562. The maximum atomic E-state index is 13.1. The standard InChI is InChI=1S/C16H20ClFN2O.ClH/c17-14-7-10(1-4-15(14)18)9-19-16(21)8-11-5-12-2-3-13(6-11)20-12;/h1,4,7,11-13,20H,2-3,5-6,8-9H2,(H,19,21);1H. The lowest BCUT2D eigenvalue weighted by Gasteiger charge is -2.28. The molecule has 2 atom stereocenters. The molecule has 0 spiro atoms. The third kappa shape index (κ3) is 4.34. The fourth-order valence-corrected chi connectivity index (χ4v) is 3.73. The van der Waals surface area contributed by atoms with Crippen molar-refractivity contribution in [1.82, 2.24) is 10.6 Å². The summed E-state index contributed by atoms with van der Waals surface area (Å²) in [5, 5.41) is 6.58. The quantitative estimate of drug-likeness (QED) is 0.876. The highest BCUT2D eigenvalue weighted by molar-refractivity contribution is 6.30. The lowest BCUT2D eigenvalue weighted by molar-refractivity contribution is -0.122. The monoisotopic (exact) mass is 346 g/mol. The van der Waals surface area contributed by atoms with Crippen LogP contribution in [-0.4, -0.2) is 18.0 Å². The molecule has 2 saturated heterocycles. The molecule has 2 N–H and O–H groups in total. The van der Waals surface area contributed by atoms with Crippen molar-refractivity contribution in [2.24, 2.45) is 5.92 Å². The Balaban J connectivity index is 0.00000176. The summed E-state index contributed by atoms with van der Waals surface area (Å²) in [7, 11) is 0. The van der Waals surface area contributed by atoms with Gasteiger partial charge in [0, 0.05) is 25.0 Å². The van der Waals surface area contributed by atoms with E-state index >= 15 is 0 Å². The number of carbonyl (C=O) groups excluding carboxylic acids is 1. The molecule has 3 rings (SSSR count). The Morgan fingerprint density at radius 2 is 2.00 bits per heavy atom. The van der Waals surface area contributed by atoms with Crippen LogP contribution in [0.25, 0.3) is 0 Å². The van der Waals surface area contributed by atoms with Gasteiger partial charge >= 0.3 is 0 Å². The minimum atomic E-state index is -0.433. The van der Waals surface area contributed by atoms with Crippen molar-refractivity contribution in [2.75, 3.05) is 0 Å². The zero-order chi connectivity index (χ0) is 14.8. The van der Waals surface area contributed by atoms with E-state index in [1.165, 1.54) is 18.9 Å². The lowest BCUT2D eigenvalue weighted by atomic mass is 9.89. The van der Waals surface area contributed by atoms with Gasteiger partial charge in [0.05, 0.1) is 5.02 Å². The SMILES string of the molecule is Cl.O=C(CC1CC2CCC(C1)N2)NCc1ccc(F)c(Cl)c1. The van der Waals surface area contributed by atoms with Gasteiger partial charge in [0.2, 0.25) is 5.91 Å². The van der Waals surface area contributed by atoms with Gasteiger partial charge in [-0.05, 0) is 49.3 Å². The zero-order valence-electron chi connectivity index (χ0n) is 12.3. The Morgan fingerprint density at radius 1 is 1.32 bits per heavy atom. The molecular formula is C16H21Cl2FN2O. The summed E-state index contributed by atoms with van der Waals surface area (Å²) in [6.45, 7) is 0.399. The van der Waals surface area contributed by atoms with E-state index in [1.807, 2.05) is 0 Å². The largest absolute Gasteiger partial charge is 0.352 e. The highest BCUT2D eigenvalue weighted by atomic mass is 35.5. The molecule has 2 heterocycles. The number of nitrogens with one attached hydrogen (secondary N) is 2. The van der Waals surface area contributed by atoms with E-state index in [0.29, 0.717) is 31.0 Å². The Morgan fingerprint density at radius 3 is 2.64 bits per heavy atom. The molecule has 0 aliphatic carbocycles. The summed E-state index contributed by atoms with van der Waals surface area (Å²) in [6, 6.07) is 5.75. The van der Waals surface area contributed by atoms with Crippen LogP contribution in [0.1, 0.15) is 37.7 Å². The third-order valence-corrected chi connectivity index (χ3v) is 4.81. The molecule has 2 fully saturated rings. The summed E-state index contributed by atoms with van der Waals surface area (Å²) in [5.41, 5.74) is 0.820. The van der Waals surface area contributed by atoms with E-state index in [2.05, 4.69) is 10.6 Å². The molecule has 1 aromatic carbocycles. The van der Waals surface area contributed by atoms with Crippen LogP contribution in [0.2, 0.25) is 5.02 Å². The normalized spacial score (nSPS) is 26.4. The summed E-state index contributed by atoms with van der Waals surface area (Å²) in [6.07, 6.45) is 5.29. The molecule has 6 heteroatoms. The van der Waals surface area contributed by atoms with Crippen LogP contribution < -0.4 is 10.6 Å². The van der Waals surface area contributed by atoms with Crippen LogP contribution in [0.4, 0.5) is 4.39 Å². The summed E-state index contributed by atoms with van der Waals surface area (Å²) >= 11 is 5.73. The van der Waals surface area contributed by atoms with E-state index in [9.17, 15) is 9.18 Å². The van der Waals surface area contributed by atoms with E-state index in [4.69, 9.17) is 11.6 Å². The summed E-state index contributed by atoms with van der Waals surface area (Å²) in [5.74, 6) is 0.124. The number of hydrogen-bond donors (Lipinski definition) is 2. The van der Waals surface area contributed by atoms with Crippen molar-refractivity contribution in [3.8, 4) is 0 Å². The molecule has 0 radical (unpaired) electrons. The van der Waals surface area contributed by atoms with Crippen molar-refractivity contribution < 1.29 is 9.18 Å². The first-order valence-corrected chi connectivity index (χ1v) is 7.94. The van der Waals surface area contributed by atoms with Gasteiger partial charge < -0.3 is 10.6 Å². The molecule has 2 aliphatic rings. The van der Waals surface area contributed by atoms with Crippen molar-refractivity contribution in [2.45, 2.75) is 50.7 Å². The predicted octanol–water partition coefficient (Wildman–Crippen LogP) is 3.44. The number of fused-ring (bicyclic) bond motifs is 2. The number of rotatable bonds is 4. The fourth-order valence-electron chi connectivity index (χ4n) is 3.53. The lowest BCUT2D eigenvalue weighted by Crippen LogP contribution is -2.39. The van der Waals surface area contributed by atoms with Gasteiger partial charge in [0.1, 0.15) is 5.82 Å². The number of halogens is 3. The first-order valence-electron chi connectivity index (χ1n) is 7.57. The number of benzene rings is 1. The molecule has 0 saturated carbocycles. The van der Waals surface area contributed by atoms with Crippen LogP contribution >= 0.6 is 24.0 Å². The van der Waals surface area contributed by atoms with Crippen molar-refractivity contribution in [3.05, 3.63) is 34.6 Å². The third-order valence-electron chi connectivity index (χ3n) is 4.52. The second-order valence-electron chi connectivity index (χ2n) is 6.20. The molecule has 2 aliphatic heterocycles. The van der Waals surface area contributed by atoms with Crippen LogP contribution in [-0.2, 0) is 11.3 Å². The maximum absolute atomic E-state index is 13.1. The molecular weight excluding hydrogens is 326 g/mol. The topological polar surface area (TPSA) is 41.1 Å². The first kappa shape index (κ1) is 17.5. The highest BCUT2D eigenvalue weighted by Gasteiger charge is 2.34. The molecule has 122 valence electrons. The van der Waals surface area contributed by atoms with Crippen LogP contribution in [0.15, 0.2) is 18.2 Å². The average Bonchev–Trinajstić information content (AvgIpc) is 2.79. The van der Waals surface area contributed by atoms with Crippen molar-refractivity contribution >= 4 is 29.9 Å². The molecule has 1 amide bonds. The van der Waals surface area contributed by atoms with Crippen LogP contribution in [0.5, 0.6) is 0 Å². The number of hydrogen-bond acceptors (Lipinski definition) is 2. The van der Waals surface area contributed by atoms with Gasteiger partial charge in [-0.1, -0.05) is 17.7 Å². The van der Waals surface area contributed by atoms with Gasteiger partial charge in [-0.15, -0.1) is 12.4 Å². The summed E-state index contributed by atoms with van der Waals surface area (Å²) < 4.78 is 13.1. The Hall–Kier alpha value is -0.840. The smallest absolute Gasteiger partial charge is 0.220 e. The van der Waals surface area contributed by atoms with Gasteiger partial charge in [-0.2, -0.15) is 0 Å². The van der Waals surface area contributed by atoms with Crippen LogP contribution in [0.3, 0.4) is 0 Å².